The number of nitrogens with one attached hydrogen (secondary N) is 2. The summed E-state index contributed by atoms with van der Waals surface area (Å²) in [6.45, 7) is 12.2. The van der Waals surface area contributed by atoms with Crippen LogP contribution in [-0.4, -0.2) is 49.6 Å². The first-order valence-corrected chi connectivity index (χ1v) is 8.45. The molecule has 0 aromatic carbocycles. The smallest absolute Gasteiger partial charge is 0.191 e. The molecular formula is C16H32N4. The number of hydrogen-bond acceptors (Lipinski definition) is 2. The third-order valence-corrected chi connectivity index (χ3v) is 4.42. The summed E-state index contributed by atoms with van der Waals surface area (Å²) in [4.78, 5) is 7.37. The fourth-order valence-electron chi connectivity index (χ4n) is 2.87. The third-order valence-electron chi connectivity index (χ3n) is 4.42. The second-order valence-corrected chi connectivity index (χ2v) is 6.64. The van der Waals surface area contributed by atoms with Crippen molar-refractivity contribution >= 4 is 5.96 Å². The van der Waals surface area contributed by atoms with Gasteiger partial charge in [0.2, 0.25) is 0 Å². The van der Waals surface area contributed by atoms with Gasteiger partial charge in [-0.15, -0.1) is 0 Å². The zero-order valence-electron chi connectivity index (χ0n) is 13.5. The molecule has 0 spiro atoms. The van der Waals surface area contributed by atoms with Crippen molar-refractivity contribution in [3.8, 4) is 0 Å². The molecule has 2 atom stereocenters. The van der Waals surface area contributed by atoms with E-state index < -0.39 is 0 Å². The van der Waals surface area contributed by atoms with Gasteiger partial charge in [-0.1, -0.05) is 6.92 Å². The molecule has 116 valence electrons. The van der Waals surface area contributed by atoms with Gasteiger partial charge in [-0.3, -0.25) is 9.89 Å². The summed E-state index contributed by atoms with van der Waals surface area (Å²) < 4.78 is 0. The van der Waals surface area contributed by atoms with Crippen LogP contribution in [0.5, 0.6) is 0 Å². The summed E-state index contributed by atoms with van der Waals surface area (Å²) in [5.41, 5.74) is 0. The van der Waals surface area contributed by atoms with Crippen molar-refractivity contribution in [3.05, 3.63) is 0 Å². The fourth-order valence-corrected chi connectivity index (χ4v) is 2.87. The predicted octanol–water partition coefficient (Wildman–Crippen LogP) is 2.07. The molecule has 1 saturated carbocycles. The van der Waals surface area contributed by atoms with Crippen LogP contribution < -0.4 is 10.6 Å². The van der Waals surface area contributed by atoms with Crippen molar-refractivity contribution < 1.29 is 0 Å². The highest BCUT2D eigenvalue weighted by atomic mass is 15.2. The van der Waals surface area contributed by atoms with E-state index in [1.165, 1.54) is 38.8 Å². The van der Waals surface area contributed by atoms with Gasteiger partial charge in [0.15, 0.2) is 5.96 Å². The van der Waals surface area contributed by atoms with Gasteiger partial charge in [0, 0.05) is 25.7 Å². The molecule has 0 amide bonds. The van der Waals surface area contributed by atoms with Crippen molar-refractivity contribution in [2.45, 2.75) is 52.5 Å². The number of nitrogens with zero attached hydrogens (tertiary/aromatic N) is 2. The van der Waals surface area contributed by atoms with Crippen LogP contribution in [-0.2, 0) is 0 Å². The topological polar surface area (TPSA) is 39.7 Å². The Kier molecular flexibility index (Phi) is 6.14. The summed E-state index contributed by atoms with van der Waals surface area (Å²) in [5, 5.41) is 6.82. The monoisotopic (exact) mass is 280 g/mol. The first-order valence-electron chi connectivity index (χ1n) is 8.45. The molecule has 20 heavy (non-hydrogen) atoms. The number of guanidine groups is 1. The van der Waals surface area contributed by atoms with Crippen LogP contribution in [0.1, 0.15) is 46.5 Å². The standard InChI is InChI=1S/C16H32N4/c1-4-17-16(19-11-15-7-8-15)18-10-14(3)20-9-5-6-13(2)12-20/h13-15H,4-12H2,1-3H3,(H2,17,18,19). The maximum Gasteiger partial charge on any atom is 0.191 e. The molecule has 4 heteroatoms. The van der Waals surface area contributed by atoms with Crippen molar-refractivity contribution in [3.63, 3.8) is 0 Å². The van der Waals surface area contributed by atoms with Crippen LogP contribution in [0.3, 0.4) is 0 Å². The molecule has 4 nitrogen and oxygen atoms in total. The highest BCUT2D eigenvalue weighted by molar-refractivity contribution is 5.79. The number of likely N-dealkylation sites (tertiary alicyclic amines) is 1. The summed E-state index contributed by atoms with van der Waals surface area (Å²) in [6, 6.07) is 0.550. The van der Waals surface area contributed by atoms with Gasteiger partial charge < -0.3 is 10.6 Å². The Bertz CT molecular complexity index is 312. The van der Waals surface area contributed by atoms with Gasteiger partial charge in [-0.2, -0.15) is 0 Å². The lowest BCUT2D eigenvalue weighted by Gasteiger charge is -2.35. The molecule has 0 aromatic rings. The Hall–Kier alpha value is -0.770. The molecular weight excluding hydrogens is 248 g/mol. The normalized spacial score (nSPS) is 26.4. The summed E-state index contributed by atoms with van der Waals surface area (Å²) in [7, 11) is 0. The SMILES string of the molecule is CCNC(=NCC(C)N1CCCC(C)C1)NCC1CC1. The van der Waals surface area contributed by atoms with Crippen LogP contribution in [0, 0.1) is 11.8 Å². The van der Waals surface area contributed by atoms with Crippen LogP contribution in [0.25, 0.3) is 0 Å². The maximum atomic E-state index is 4.77. The van der Waals surface area contributed by atoms with E-state index in [4.69, 9.17) is 4.99 Å². The zero-order chi connectivity index (χ0) is 14.4. The predicted molar refractivity (Wildman–Crippen MR) is 86.1 cm³/mol. The lowest BCUT2D eigenvalue weighted by atomic mass is 9.99. The largest absolute Gasteiger partial charge is 0.357 e. The Labute approximate surface area is 124 Å². The number of rotatable bonds is 6. The molecule has 1 aliphatic carbocycles. The van der Waals surface area contributed by atoms with E-state index in [2.05, 4.69) is 36.3 Å². The number of piperidine rings is 1. The average molecular weight is 280 g/mol. The second kappa shape index (κ2) is 7.87. The van der Waals surface area contributed by atoms with Crippen LogP contribution >= 0.6 is 0 Å². The van der Waals surface area contributed by atoms with Crippen molar-refractivity contribution in [1.82, 2.24) is 15.5 Å². The molecule has 1 saturated heterocycles. The van der Waals surface area contributed by atoms with Gasteiger partial charge in [0.25, 0.3) is 0 Å². The molecule has 2 fully saturated rings. The van der Waals surface area contributed by atoms with Crippen LogP contribution in [0.4, 0.5) is 0 Å². The van der Waals surface area contributed by atoms with E-state index in [0.29, 0.717) is 6.04 Å². The summed E-state index contributed by atoms with van der Waals surface area (Å²) in [6.07, 6.45) is 5.50. The van der Waals surface area contributed by atoms with E-state index in [9.17, 15) is 0 Å². The third kappa shape index (κ3) is 5.31. The lowest BCUT2D eigenvalue weighted by molar-refractivity contribution is 0.142. The second-order valence-electron chi connectivity index (χ2n) is 6.64. The quantitative estimate of drug-likeness (QED) is 0.578. The summed E-state index contributed by atoms with van der Waals surface area (Å²) >= 11 is 0. The highest BCUT2D eigenvalue weighted by Crippen LogP contribution is 2.27. The molecule has 0 radical (unpaired) electrons. The highest BCUT2D eigenvalue weighted by Gasteiger charge is 2.22. The molecule has 2 aliphatic rings. The molecule has 0 bridgehead atoms. The molecule has 2 N–H and O–H groups in total. The molecule has 1 heterocycles. The number of hydrogen-bond donors (Lipinski definition) is 2. The minimum absolute atomic E-state index is 0.550. The Morgan fingerprint density at radius 1 is 1.30 bits per heavy atom. The summed E-state index contributed by atoms with van der Waals surface area (Å²) in [5.74, 6) is 2.73. The van der Waals surface area contributed by atoms with Gasteiger partial charge in [0.1, 0.15) is 0 Å². The average Bonchev–Trinajstić information content (AvgIpc) is 3.25. The number of aliphatic imine (C=N–C) groups is 1. The van der Waals surface area contributed by atoms with Crippen molar-refractivity contribution in [2.24, 2.45) is 16.8 Å². The molecule has 2 rings (SSSR count). The van der Waals surface area contributed by atoms with E-state index >= 15 is 0 Å². The van der Waals surface area contributed by atoms with Gasteiger partial charge in [0.05, 0.1) is 6.54 Å². The van der Waals surface area contributed by atoms with E-state index in [1.54, 1.807) is 0 Å². The zero-order valence-corrected chi connectivity index (χ0v) is 13.5. The van der Waals surface area contributed by atoms with Crippen LogP contribution in [0.15, 0.2) is 4.99 Å². The van der Waals surface area contributed by atoms with Crippen molar-refractivity contribution in [1.29, 1.82) is 0 Å². The first-order chi connectivity index (χ1) is 9.69. The lowest BCUT2D eigenvalue weighted by Crippen LogP contribution is -2.43. The fraction of sp³-hybridized carbons (Fsp3) is 0.938. The van der Waals surface area contributed by atoms with Gasteiger partial charge in [-0.05, 0) is 57.9 Å². The first kappa shape index (κ1) is 15.6. The Morgan fingerprint density at radius 3 is 2.75 bits per heavy atom. The minimum atomic E-state index is 0.550. The van der Waals surface area contributed by atoms with Crippen LogP contribution in [0.2, 0.25) is 0 Å². The maximum absolute atomic E-state index is 4.77. The van der Waals surface area contributed by atoms with E-state index in [0.717, 1.165) is 37.4 Å². The Balaban J connectivity index is 1.76. The van der Waals surface area contributed by atoms with E-state index in [1.807, 2.05) is 0 Å². The van der Waals surface area contributed by atoms with Gasteiger partial charge in [-0.25, -0.2) is 0 Å². The van der Waals surface area contributed by atoms with Crippen molar-refractivity contribution in [2.75, 3.05) is 32.7 Å². The van der Waals surface area contributed by atoms with Gasteiger partial charge >= 0.3 is 0 Å². The molecule has 1 aliphatic heterocycles. The molecule has 0 aromatic heterocycles. The van der Waals surface area contributed by atoms with E-state index in [-0.39, 0.29) is 0 Å². The minimum Gasteiger partial charge on any atom is -0.357 e. The molecule has 2 unspecified atom stereocenters. The Morgan fingerprint density at radius 2 is 2.10 bits per heavy atom.